The third-order valence-electron chi connectivity index (χ3n) is 3.77. The molecule has 0 aromatic heterocycles. The molecule has 5 nitrogen and oxygen atoms in total. The predicted molar refractivity (Wildman–Crippen MR) is 64.1 cm³/mol. The lowest BCUT2D eigenvalue weighted by Gasteiger charge is -2.40. The molecule has 0 aliphatic heterocycles. The molecular weight excluding hydrogens is 218 g/mol. The maximum absolute atomic E-state index is 11.7. The van der Waals surface area contributed by atoms with Gasteiger partial charge in [-0.3, -0.25) is 9.59 Å². The molecule has 0 aromatic rings. The minimum Gasteiger partial charge on any atom is -0.352 e. The van der Waals surface area contributed by atoms with Gasteiger partial charge < -0.3 is 16.4 Å². The van der Waals surface area contributed by atoms with Crippen molar-refractivity contribution in [2.45, 2.75) is 44.6 Å². The Morgan fingerprint density at radius 3 is 2.41 bits per heavy atom. The van der Waals surface area contributed by atoms with Gasteiger partial charge in [0.2, 0.25) is 11.8 Å². The summed E-state index contributed by atoms with van der Waals surface area (Å²) in [5, 5.41) is 5.50. The van der Waals surface area contributed by atoms with Gasteiger partial charge in [0.05, 0.1) is 6.54 Å². The predicted octanol–water partition coefficient (Wildman–Crippen LogP) is -0.0997. The fourth-order valence-electron chi connectivity index (χ4n) is 2.22. The van der Waals surface area contributed by atoms with Gasteiger partial charge in [0, 0.05) is 12.5 Å². The minimum atomic E-state index is -0.0868. The van der Waals surface area contributed by atoms with Crippen LogP contribution in [0.25, 0.3) is 0 Å². The Kier molecular flexibility index (Phi) is 3.66. The second kappa shape index (κ2) is 5.04. The van der Waals surface area contributed by atoms with Gasteiger partial charge in [-0.05, 0) is 37.6 Å². The van der Waals surface area contributed by atoms with E-state index in [0.29, 0.717) is 19.0 Å². The summed E-state index contributed by atoms with van der Waals surface area (Å²) < 4.78 is 0. The molecular formula is C12H21N3O2. The number of amides is 2. The highest BCUT2D eigenvalue weighted by Crippen LogP contribution is 2.42. The van der Waals surface area contributed by atoms with Crippen molar-refractivity contribution >= 4 is 11.8 Å². The molecule has 17 heavy (non-hydrogen) atoms. The second-order valence-corrected chi connectivity index (χ2v) is 5.35. The molecule has 0 radical (unpaired) electrons. The average molecular weight is 239 g/mol. The molecule has 2 saturated carbocycles. The van der Waals surface area contributed by atoms with E-state index in [0.717, 1.165) is 32.1 Å². The van der Waals surface area contributed by atoms with Crippen LogP contribution in [0, 0.1) is 5.41 Å². The van der Waals surface area contributed by atoms with Crippen molar-refractivity contribution in [1.82, 2.24) is 10.6 Å². The van der Waals surface area contributed by atoms with Crippen LogP contribution < -0.4 is 16.4 Å². The lowest BCUT2D eigenvalue weighted by Crippen LogP contribution is -2.44. The fourth-order valence-corrected chi connectivity index (χ4v) is 2.22. The summed E-state index contributed by atoms with van der Waals surface area (Å²) in [6, 6.07) is 0.349. The Bertz CT molecular complexity index is 303. The van der Waals surface area contributed by atoms with Gasteiger partial charge in [-0.15, -0.1) is 0 Å². The summed E-state index contributed by atoms with van der Waals surface area (Å²) in [6.07, 6.45) is 5.81. The molecule has 2 fully saturated rings. The van der Waals surface area contributed by atoms with Gasteiger partial charge in [-0.1, -0.05) is 6.42 Å². The molecule has 0 atom stereocenters. The van der Waals surface area contributed by atoms with Crippen molar-refractivity contribution in [3.63, 3.8) is 0 Å². The van der Waals surface area contributed by atoms with Crippen LogP contribution >= 0.6 is 0 Å². The number of hydrogen-bond acceptors (Lipinski definition) is 3. The van der Waals surface area contributed by atoms with Crippen molar-refractivity contribution in [3.05, 3.63) is 0 Å². The van der Waals surface area contributed by atoms with E-state index in [1.807, 2.05) is 0 Å². The molecule has 96 valence electrons. The first kappa shape index (κ1) is 12.4. The van der Waals surface area contributed by atoms with Crippen LogP contribution in [0.2, 0.25) is 0 Å². The summed E-state index contributed by atoms with van der Waals surface area (Å²) in [5.74, 6) is -0.141. The molecule has 0 heterocycles. The standard InChI is InChI=1S/C12H21N3O2/c13-8-12(4-1-5-12)6-10(16)14-7-11(17)15-9-2-3-9/h9H,1-8,13H2,(H,14,16)(H,15,17). The number of carbonyl (C=O) groups is 2. The second-order valence-electron chi connectivity index (χ2n) is 5.35. The highest BCUT2D eigenvalue weighted by Gasteiger charge is 2.37. The maximum Gasteiger partial charge on any atom is 0.239 e. The molecule has 0 saturated heterocycles. The van der Waals surface area contributed by atoms with E-state index in [2.05, 4.69) is 10.6 Å². The molecule has 2 amide bonds. The molecule has 2 aliphatic carbocycles. The lowest BCUT2D eigenvalue weighted by atomic mass is 9.66. The van der Waals surface area contributed by atoms with E-state index in [1.54, 1.807) is 0 Å². The monoisotopic (exact) mass is 239 g/mol. The number of nitrogens with one attached hydrogen (secondary N) is 2. The number of carbonyl (C=O) groups excluding carboxylic acids is 2. The van der Waals surface area contributed by atoms with Gasteiger partial charge in [0.1, 0.15) is 0 Å². The van der Waals surface area contributed by atoms with E-state index < -0.39 is 0 Å². The average Bonchev–Trinajstić information content (AvgIpc) is 3.04. The SMILES string of the molecule is NCC1(CC(=O)NCC(=O)NC2CC2)CCC1. The molecule has 5 heteroatoms. The topological polar surface area (TPSA) is 84.2 Å². The van der Waals surface area contributed by atoms with E-state index in [-0.39, 0.29) is 23.8 Å². The zero-order valence-electron chi connectivity index (χ0n) is 10.1. The molecule has 0 spiro atoms. The van der Waals surface area contributed by atoms with E-state index in [4.69, 9.17) is 5.73 Å². The van der Waals surface area contributed by atoms with Crippen LogP contribution in [0.3, 0.4) is 0 Å². The summed E-state index contributed by atoms with van der Waals surface area (Å²) >= 11 is 0. The zero-order valence-corrected chi connectivity index (χ0v) is 10.1. The van der Waals surface area contributed by atoms with Gasteiger partial charge in [-0.2, -0.15) is 0 Å². The van der Waals surface area contributed by atoms with Crippen LogP contribution in [0.4, 0.5) is 0 Å². The van der Waals surface area contributed by atoms with Crippen molar-refractivity contribution in [3.8, 4) is 0 Å². The smallest absolute Gasteiger partial charge is 0.239 e. The summed E-state index contributed by atoms with van der Waals surface area (Å²) in [6.45, 7) is 0.657. The Balaban J connectivity index is 1.64. The summed E-state index contributed by atoms with van der Waals surface area (Å²) in [4.78, 5) is 23.0. The normalized spacial score (nSPS) is 21.5. The number of rotatable bonds is 6. The number of hydrogen-bond donors (Lipinski definition) is 3. The third-order valence-corrected chi connectivity index (χ3v) is 3.77. The van der Waals surface area contributed by atoms with Crippen LogP contribution in [-0.2, 0) is 9.59 Å². The first-order chi connectivity index (χ1) is 8.13. The fraction of sp³-hybridized carbons (Fsp3) is 0.833. The van der Waals surface area contributed by atoms with Gasteiger partial charge in [0.25, 0.3) is 0 Å². The van der Waals surface area contributed by atoms with E-state index in [1.165, 1.54) is 0 Å². The Morgan fingerprint density at radius 1 is 1.24 bits per heavy atom. The highest BCUT2D eigenvalue weighted by atomic mass is 16.2. The minimum absolute atomic E-state index is 0.0110. The molecule has 0 bridgehead atoms. The third kappa shape index (κ3) is 3.43. The van der Waals surface area contributed by atoms with Crippen LogP contribution in [-0.4, -0.2) is 30.9 Å². The zero-order chi connectivity index (χ0) is 12.3. The summed E-state index contributed by atoms with van der Waals surface area (Å²) in [5.41, 5.74) is 5.70. The Hall–Kier alpha value is -1.10. The largest absolute Gasteiger partial charge is 0.352 e. The van der Waals surface area contributed by atoms with Crippen LogP contribution in [0.1, 0.15) is 38.5 Å². The molecule has 0 unspecified atom stereocenters. The van der Waals surface area contributed by atoms with E-state index >= 15 is 0 Å². The van der Waals surface area contributed by atoms with E-state index in [9.17, 15) is 9.59 Å². The molecule has 2 aliphatic rings. The highest BCUT2D eigenvalue weighted by molar-refractivity contribution is 5.85. The van der Waals surface area contributed by atoms with Gasteiger partial charge in [0.15, 0.2) is 0 Å². The van der Waals surface area contributed by atoms with Crippen molar-refractivity contribution < 1.29 is 9.59 Å². The van der Waals surface area contributed by atoms with Crippen LogP contribution in [0.15, 0.2) is 0 Å². The maximum atomic E-state index is 11.7. The molecule has 0 aromatic carbocycles. The van der Waals surface area contributed by atoms with Crippen molar-refractivity contribution in [2.75, 3.05) is 13.1 Å². The Morgan fingerprint density at radius 2 is 1.94 bits per heavy atom. The molecule has 2 rings (SSSR count). The van der Waals surface area contributed by atoms with Crippen LogP contribution in [0.5, 0.6) is 0 Å². The van der Waals surface area contributed by atoms with Crippen molar-refractivity contribution in [2.24, 2.45) is 11.1 Å². The van der Waals surface area contributed by atoms with Gasteiger partial charge >= 0.3 is 0 Å². The first-order valence-electron chi connectivity index (χ1n) is 6.40. The molecule has 4 N–H and O–H groups in total. The summed E-state index contributed by atoms with van der Waals surface area (Å²) in [7, 11) is 0. The lowest BCUT2D eigenvalue weighted by molar-refractivity contribution is -0.128. The number of nitrogens with two attached hydrogens (primary N) is 1. The first-order valence-corrected chi connectivity index (χ1v) is 6.40. The van der Waals surface area contributed by atoms with Gasteiger partial charge in [-0.25, -0.2) is 0 Å². The quantitative estimate of drug-likeness (QED) is 0.605. The Labute approximate surface area is 102 Å². The van der Waals surface area contributed by atoms with Crippen molar-refractivity contribution in [1.29, 1.82) is 0 Å².